The van der Waals surface area contributed by atoms with Crippen molar-refractivity contribution in [3.05, 3.63) is 64.2 Å². The molecule has 2 aromatic carbocycles. The molecule has 5 nitrogen and oxygen atoms in total. The highest BCUT2D eigenvalue weighted by molar-refractivity contribution is 5.81. The number of benzene rings is 2. The topological polar surface area (TPSA) is 47.0 Å². The summed E-state index contributed by atoms with van der Waals surface area (Å²) < 4.78 is 28.4. The fourth-order valence-corrected chi connectivity index (χ4v) is 5.55. The maximum atomic E-state index is 14.8. The SMILES string of the molecule is Cc1cc(C(C)O)c(N2CCN(C(=O)C3CN(C(C)(C)C)C[C@H]3c3ccc(F)cc3F)CC2)cc1C. The minimum Gasteiger partial charge on any atom is -0.389 e. The molecule has 4 rings (SSSR count). The Labute approximate surface area is 213 Å². The summed E-state index contributed by atoms with van der Waals surface area (Å²) in [6, 6.07) is 7.87. The van der Waals surface area contributed by atoms with Crippen LogP contribution < -0.4 is 4.90 Å². The predicted octanol–water partition coefficient (Wildman–Crippen LogP) is 4.80. The molecule has 1 amide bonds. The number of aliphatic hydroxyl groups is 1. The van der Waals surface area contributed by atoms with Gasteiger partial charge in [-0.1, -0.05) is 12.1 Å². The van der Waals surface area contributed by atoms with Gasteiger partial charge in [0, 0.05) is 68.0 Å². The van der Waals surface area contributed by atoms with Gasteiger partial charge in [-0.15, -0.1) is 0 Å². The number of hydrogen-bond acceptors (Lipinski definition) is 4. The van der Waals surface area contributed by atoms with Crippen molar-refractivity contribution in [2.45, 2.75) is 59.1 Å². The van der Waals surface area contributed by atoms with Crippen LogP contribution in [0, 0.1) is 31.4 Å². The summed E-state index contributed by atoms with van der Waals surface area (Å²) in [5.74, 6) is -1.86. The number of likely N-dealkylation sites (tertiary alicyclic amines) is 1. The standard InChI is InChI=1S/C29H39F2N3O2/c1-18-13-23(20(3)35)27(14-19(18)2)32-9-11-33(12-10-32)28(36)25-17-34(29(4,5)6)16-24(25)22-8-7-21(30)15-26(22)31/h7-8,13-15,20,24-25,35H,9-12,16-17H2,1-6H3/t20?,24-,25?/m0/s1. The second-order valence-corrected chi connectivity index (χ2v) is 11.4. The van der Waals surface area contributed by atoms with Crippen LogP contribution in [-0.4, -0.2) is 65.6 Å². The Morgan fingerprint density at radius 2 is 1.64 bits per heavy atom. The Bertz CT molecular complexity index is 1120. The number of nitrogens with zero attached hydrogens (tertiary/aromatic N) is 3. The summed E-state index contributed by atoms with van der Waals surface area (Å²) in [5.41, 5.74) is 4.49. The molecule has 2 heterocycles. The minimum atomic E-state index is -0.608. The number of halogens is 2. The number of aliphatic hydroxyl groups excluding tert-OH is 1. The fraction of sp³-hybridized carbons (Fsp3) is 0.552. The molecule has 196 valence electrons. The van der Waals surface area contributed by atoms with Gasteiger partial charge in [-0.25, -0.2) is 8.78 Å². The van der Waals surface area contributed by atoms with Crippen molar-refractivity contribution in [3.8, 4) is 0 Å². The lowest BCUT2D eigenvalue weighted by atomic mass is 9.87. The summed E-state index contributed by atoms with van der Waals surface area (Å²) in [6.45, 7) is 15.8. The van der Waals surface area contributed by atoms with Crippen LogP contribution in [0.1, 0.15) is 62.0 Å². The average Bonchev–Trinajstić information content (AvgIpc) is 3.26. The molecule has 0 aromatic heterocycles. The number of amides is 1. The van der Waals surface area contributed by atoms with E-state index in [9.17, 15) is 18.7 Å². The van der Waals surface area contributed by atoms with Gasteiger partial charge in [0.15, 0.2) is 0 Å². The van der Waals surface area contributed by atoms with E-state index in [1.54, 1.807) is 6.92 Å². The summed E-state index contributed by atoms with van der Waals surface area (Å²) in [5, 5.41) is 10.4. The van der Waals surface area contributed by atoms with Gasteiger partial charge >= 0.3 is 0 Å². The summed E-state index contributed by atoms with van der Waals surface area (Å²) in [4.78, 5) is 20.2. The maximum absolute atomic E-state index is 14.8. The van der Waals surface area contributed by atoms with Gasteiger partial charge in [0.25, 0.3) is 0 Å². The van der Waals surface area contributed by atoms with E-state index >= 15 is 0 Å². The first-order chi connectivity index (χ1) is 16.9. The van der Waals surface area contributed by atoms with Crippen molar-refractivity contribution >= 4 is 11.6 Å². The lowest BCUT2D eigenvalue weighted by molar-refractivity contribution is -0.136. The van der Waals surface area contributed by atoms with Crippen LogP contribution in [0.25, 0.3) is 0 Å². The van der Waals surface area contributed by atoms with E-state index in [1.165, 1.54) is 17.7 Å². The number of aryl methyl sites for hydroxylation is 2. The van der Waals surface area contributed by atoms with Crippen LogP contribution in [0.15, 0.2) is 30.3 Å². The third kappa shape index (κ3) is 5.28. The first-order valence-corrected chi connectivity index (χ1v) is 12.9. The van der Waals surface area contributed by atoms with Gasteiger partial charge in [-0.2, -0.15) is 0 Å². The number of rotatable bonds is 4. The fourth-order valence-electron chi connectivity index (χ4n) is 5.55. The van der Waals surface area contributed by atoms with Gasteiger partial charge in [-0.05, 0) is 70.4 Å². The van der Waals surface area contributed by atoms with Gasteiger partial charge in [-0.3, -0.25) is 9.69 Å². The molecule has 3 atom stereocenters. The molecule has 0 aliphatic carbocycles. The molecule has 2 saturated heterocycles. The third-order valence-electron chi connectivity index (χ3n) is 7.97. The van der Waals surface area contributed by atoms with E-state index in [2.05, 4.69) is 43.6 Å². The molecule has 2 aliphatic heterocycles. The molecule has 2 aliphatic rings. The van der Waals surface area contributed by atoms with Crippen LogP contribution in [0.5, 0.6) is 0 Å². The molecule has 2 aromatic rings. The molecule has 0 spiro atoms. The molecule has 2 fully saturated rings. The largest absolute Gasteiger partial charge is 0.389 e. The van der Waals surface area contributed by atoms with Crippen molar-refractivity contribution in [1.82, 2.24) is 9.80 Å². The van der Waals surface area contributed by atoms with Crippen molar-refractivity contribution in [2.75, 3.05) is 44.2 Å². The van der Waals surface area contributed by atoms with E-state index in [1.807, 2.05) is 17.9 Å². The highest BCUT2D eigenvalue weighted by atomic mass is 19.1. The Morgan fingerprint density at radius 3 is 2.22 bits per heavy atom. The highest BCUT2D eigenvalue weighted by Gasteiger charge is 2.44. The van der Waals surface area contributed by atoms with Crippen molar-refractivity contribution < 1.29 is 18.7 Å². The van der Waals surface area contributed by atoms with E-state index in [0.29, 0.717) is 44.8 Å². The lowest BCUT2D eigenvalue weighted by Gasteiger charge is -2.39. The molecule has 0 saturated carbocycles. The Kier molecular flexibility index (Phi) is 7.45. The molecule has 0 bridgehead atoms. The number of piperazine rings is 1. The smallest absolute Gasteiger partial charge is 0.227 e. The van der Waals surface area contributed by atoms with Crippen LogP contribution >= 0.6 is 0 Å². The van der Waals surface area contributed by atoms with Crippen LogP contribution in [-0.2, 0) is 4.79 Å². The van der Waals surface area contributed by atoms with E-state index in [-0.39, 0.29) is 23.3 Å². The zero-order valence-electron chi connectivity index (χ0n) is 22.3. The number of carbonyl (C=O) groups excluding carboxylic acids is 1. The molecule has 0 radical (unpaired) electrons. The van der Waals surface area contributed by atoms with Gasteiger partial charge in [0.1, 0.15) is 11.6 Å². The molecule has 7 heteroatoms. The number of carbonyl (C=O) groups is 1. The minimum absolute atomic E-state index is 0.0333. The highest BCUT2D eigenvalue weighted by Crippen LogP contribution is 2.39. The summed E-state index contributed by atoms with van der Waals surface area (Å²) >= 11 is 0. The van der Waals surface area contributed by atoms with Crippen molar-refractivity contribution in [1.29, 1.82) is 0 Å². The third-order valence-corrected chi connectivity index (χ3v) is 7.97. The van der Waals surface area contributed by atoms with Crippen molar-refractivity contribution in [2.24, 2.45) is 5.92 Å². The van der Waals surface area contributed by atoms with Gasteiger partial charge in [0.2, 0.25) is 5.91 Å². The quantitative estimate of drug-likeness (QED) is 0.657. The summed E-state index contributed by atoms with van der Waals surface area (Å²) in [7, 11) is 0. The van der Waals surface area contributed by atoms with E-state index in [4.69, 9.17) is 0 Å². The molecule has 36 heavy (non-hydrogen) atoms. The Balaban J connectivity index is 1.53. The van der Waals surface area contributed by atoms with Crippen LogP contribution in [0.4, 0.5) is 14.5 Å². The zero-order chi connectivity index (χ0) is 26.4. The first-order valence-electron chi connectivity index (χ1n) is 12.9. The lowest BCUT2D eigenvalue weighted by Crippen LogP contribution is -2.51. The molecule has 1 N–H and O–H groups in total. The number of anilines is 1. The second-order valence-electron chi connectivity index (χ2n) is 11.4. The summed E-state index contributed by atoms with van der Waals surface area (Å²) in [6.07, 6.45) is -0.577. The molecular weight excluding hydrogens is 460 g/mol. The molecular formula is C29H39F2N3O2. The van der Waals surface area contributed by atoms with Gasteiger partial charge < -0.3 is 14.9 Å². The average molecular weight is 500 g/mol. The van der Waals surface area contributed by atoms with E-state index < -0.39 is 17.7 Å². The monoisotopic (exact) mass is 499 g/mol. The maximum Gasteiger partial charge on any atom is 0.227 e. The van der Waals surface area contributed by atoms with Gasteiger partial charge in [0.05, 0.1) is 12.0 Å². The van der Waals surface area contributed by atoms with Crippen molar-refractivity contribution in [3.63, 3.8) is 0 Å². The van der Waals surface area contributed by atoms with Crippen LogP contribution in [0.2, 0.25) is 0 Å². The second kappa shape index (κ2) is 10.1. The van der Waals surface area contributed by atoms with Crippen LogP contribution in [0.3, 0.4) is 0 Å². The normalized spacial score (nSPS) is 22.2. The Morgan fingerprint density at radius 1 is 1.00 bits per heavy atom. The Hall–Kier alpha value is -2.51. The zero-order valence-corrected chi connectivity index (χ0v) is 22.3. The molecule has 2 unspecified atom stereocenters. The first kappa shape index (κ1) is 26.6. The predicted molar refractivity (Wildman–Crippen MR) is 139 cm³/mol. The van der Waals surface area contributed by atoms with E-state index in [0.717, 1.165) is 22.9 Å². The number of hydrogen-bond donors (Lipinski definition) is 1.